The lowest BCUT2D eigenvalue weighted by Gasteiger charge is -2.42. The van der Waals surface area contributed by atoms with Crippen LogP contribution in [0.5, 0.6) is 0 Å². The monoisotopic (exact) mass is 356 g/mol. The number of hydrogen-bond acceptors (Lipinski definition) is 4. The second kappa shape index (κ2) is 7.33. The minimum absolute atomic E-state index is 0.137. The zero-order valence-electron chi connectivity index (χ0n) is 15.4. The van der Waals surface area contributed by atoms with Crippen LogP contribution in [-0.2, 0) is 16.0 Å². The summed E-state index contributed by atoms with van der Waals surface area (Å²) in [5.41, 5.74) is 0.527. The molecule has 0 radical (unpaired) electrons. The van der Waals surface area contributed by atoms with Crippen LogP contribution in [-0.4, -0.2) is 57.3 Å². The van der Waals surface area contributed by atoms with Gasteiger partial charge in [0.05, 0.1) is 11.1 Å². The maximum Gasteiger partial charge on any atom is 0.230 e. The number of amides is 2. The van der Waals surface area contributed by atoms with E-state index in [-0.39, 0.29) is 11.3 Å². The van der Waals surface area contributed by atoms with E-state index in [1.165, 1.54) is 12.8 Å². The van der Waals surface area contributed by atoms with Gasteiger partial charge in [-0.1, -0.05) is 12.8 Å². The number of nitrogens with zero attached hydrogens (tertiary/aromatic N) is 4. The highest BCUT2D eigenvalue weighted by atomic mass is 16.2. The van der Waals surface area contributed by atoms with Crippen LogP contribution in [0.25, 0.3) is 0 Å². The molecular weight excluding hydrogens is 328 g/mol. The molecule has 3 aliphatic rings. The lowest BCUT2D eigenvalue weighted by Crippen LogP contribution is -2.53. The molecule has 3 heterocycles. The van der Waals surface area contributed by atoms with Gasteiger partial charge in [0.1, 0.15) is 0 Å². The summed E-state index contributed by atoms with van der Waals surface area (Å²) in [6, 6.07) is 0.445. The highest BCUT2D eigenvalue weighted by molar-refractivity contribution is 5.86. The Morgan fingerprint density at radius 2 is 2.00 bits per heavy atom. The number of aryl methyl sites for hydroxylation is 1. The van der Waals surface area contributed by atoms with Gasteiger partial charge in [-0.2, -0.15) is 0 Å². The summed E-state index contributed by atoms with van der Waals surface area (Å²) in [6.45, 7) is 2.23. The Morgan fingerprint density at radius 1 is 1.15 bits per heavy atom. The molecule has 1 aromatic heterocycles. The van der Waals surface area contributed by atoms with Crippen LogP contribution < -0.4 is 0 Å². The molecule has 6 heteroatoms. The fraction of sp³-hybridized carbons (Fsp3) is 0.700. The molecule has 2 aliphatic heterocycles. The third kappa shape index (κ3) is 3.33. The Hall–Kier alpha value is -1.98. The van der Waals surface area contributed by atoms with Gasteiger partial charge in [-0.05, 0) is 38.5 Å². The number of piperidine rings is 1. The fourth-order valence-electron chi connectivity index (χ4n) is 4.98. The van der Waals surface area contributed by atoms with Crippen LogP contribution in [0.15, 0.2) is 18.6 Å². The zero-order valence-corrected chi connectivity index (χ0v) is 15.4. The van der Waals surface area contributed by atoms with Crippen molar-refractivity contribution in [3.05, 3.63) is 24.3 Å². The molecule has 140 valence electrons. The molecule has 4 rings (SSSR count). The van der Waals surface area contributed by atoms with Gasteiger partial charge in [-0.25, -0.2) is 0 Å². The number of rotatable bonds is 4. The Kier molecular flexibility index (Phi) is 4.92. The molecule has 26 heavy (non-hydrogen) atoms. The van der Waals surface area contributed by atoms with Crippen LogP contribution in [0.2, 0.25) is 0 Å². The number of carbonyl (C=O) groups is 2. The standard InChI is InChI=1S/C20H28N4O2/c25-18(7-6-16-14-21-10-11-22-16)23-13-9-20(15-23)8-3-12-24(19(20)26)17-4-1-2-5-17/h10-11,14,17H,1-9,12-13,15H2. The molecule has 6 nitrogen and oxygen atoms in total. The lowest BCUT2D eigenvalue weighted by atomic mass is 9.77. The van der Waals surface area contributed by atoms with Crippen LogP contribution >= 0.6 is 0 Å². The van der Waals surface area contributed by atoms with Crippen molar-refractivity contribution >= 4 is 11.8 Å². The van der Waals surface area contributed by atoms with E-state index >= 15 is 0 Å². The predicted molar refractivity (Wildman–Crippen MR) is 97.2 cm³/mol. The Bertz CT molecular complexity index is 659. The average molecular weight is 356 g/mol. The predicted octanol–water partition coefficient (Wildman–Crippen LogP) is 2.19. The van der Waals surface area contributed by atoms with Gasteiger partial charge in [0.25, 0.3) is 0 Å². The topological polar surface area (TPSA) is 66.4 Å². The van der Waals surface area contributed by atoms with Crippen molar-refractivity contribution in [3.63, 3.8) is 0 Å². The maximum absolute atomic E-state index is 13.3. The van der Waals surface area contributed by atoms with Gasteiger partial charge >= 0.3 is 0 Å². The summed E-state index contributed by atoms with van der Waals surface area (Å²) in [7, 11) is 0. The largest absolute Gasteiger partial charge is 0.342 e. The molecule has 1 aliphatic carbocycles. The summed E-state index contributed by atoms with van der Waals surface area (Å²) < 4.78 is 0. The molecule has 0 N–H and O–H groups in total. The second-order valence-electron chi connectivity index (χ2n) is 8.08. The summed E-state index contributed by atoms with van der Waals surface area (Å²) in [4.78, 5) is 38.2. The molecule has 1 spiro atoms. The van der Waals surface area contributed by atoms with Gasteiger partial charge in [0.15, 0.2) is 0 Å². The summed E-state index contributed by atoms with van der Waals surface area (Å²) >= 11 is 0. The van der Waals surface area contributed by atoms with Crippen LogP contribution in [0.3, 0.4) is 0 Å². The Labute approximate surface area is 155 Å². The van der Waals surface area contributed by atoms with Crippen molar-refractivity contribution in [2.45, 2.75) is 63.8 Å². The van der Waals surface area contributed by atoms with E-state index in [4.69, 9.17) is 0 Å². The molecule has 3 fully saturated rings. The van der Waals surface area contributed by atoms with Crippen LogP contribution in [0.1, 0.15) is 57.1 Å². The fourth-order valence-corrected chi connectivity index (χ4v) is 4.98. The summed E-state index contributed by atoms with van der Waals surface area (Å²) in [5.74, 6) is 0.457. The van der Waals surface area contributed by atoms with E-state index in [1.807, 2.05) is 4.90 Å². The normalized spacial score (nSPS) is 26.8. The molecule has 0 aromatic carbocycles. The highest BCUT2D eigenvalue weighted by Crippen LogP contribution is 2.42. The first-order valence-corrected chi connectivity index (χ1v) is 10.0. The Morgan fingerprint density at radius 3 is 2.77 bits per heavy atom. The average Bonchev–Trinajstić information content (AvgIpc) is 3.34. The van der Waals surface area contributed by atoms with E-state index in [0.717, 1.165) is 44.3 Å². The van der Waals surface area contributed by atoms with Gasteiger partial charge in [-0.15, -0.1) is 0 Å². The third-order valence-electron chi connectivity index (χ3n) is 6.45. The van der Waals surface area contributed by atoms with Crippen LogP contribution in [0.4, 0.5) is 0 Å². The first kappa shape index (κ1) is 17.4. The number of hydrogen-bond donors (Lipinski definition) is 0. The molecule has 1 aromatic rings. The molecule has 0 bridgehead atoms. The molecule has 2 amide bonds. The van der Waals surface area contributed by atoms with E-state index < -0.39 is 0 Å². The minimum Gasteiger partial charge on any atom is -0.342 e. The highest BCUT2D eigenvalue weighted by Gasteiger charge is 2.50. The first-order valence-electron chi connectivity index (χ1n) is 10.0. The summed E-state index contributed by atoms with van der Waals surface area (Å²) in [5, 5.41) is 0. The molecule has 1 saturated carbocycles. The molecule has 1 atom stereocenters. The van der Waals surface area contributed by atoms with Crippen molar-refractivity contribution in [2.75, 3.05) is 19.6 Å². The SMILES string of the molecule is O=C(CCc1cnccn1)N1CCC2(CCCN(C3CCCC3)C2=O)C1. The zero-order chi connectivity index (χ0) is 18.0. The van der Waals surface area contributed by atoms with Crippen molar-refractivity contribution in [1.29, 1.82) is 0 Å². The smallest absolute Gasteiger partial charge is 0.230 e. The van der Waals surface area contributed by atoms with Crippen molar-refractivity contribution in [3.8, 4) is 0 Å². The number of carbonyl (C=O) groups excluding carboxylic acids is 2. The van der Waals surface area contributed by atoms with Gasteiger partial charge in [0.2, 0.25) is 11.8 Å². The van der Waals surface area contributed by atoms with Gasteiger partial charge < -0.3 is 9.80 Å². The van der Waals surface area contributed by atoms with Gasteiger partial charge in [-0.3, -0.25) is 19.6 Å². The van der Waals surface area contributed by atoms with Crippen molar-refractivity contribution in [2.24, 2.45) is 5.41 Å². The maximum atomic E-state index is 13.3. The lowest BCUT2D eigenvalue weighted by molar-refractivity contribution is -0.148. The number of likely N-dealkylation sites (tertiary alicyclic amines) is 2. The van der Waals surface area contributed by atoms with Gasteiger partial charge in [0, 0.05) is 50.7 Å². The van der Waals surface area contributed by atoms with E-state index in [9.17, 15) is 9.59 Å². The molecular formula is C20H28N4O2. The first-order chi connectivity index (χ1) is 12.7. The molecule has 1 unspecified atom stereocenters. The summed E-state index contributed by atoms with van der Waals surface area (Å²) in [6.07, 6.45) is 13.7. The third-order valence-corrected chi connectivity index (χ3v) is 6.45. The number of aromatic nitrogens is 2. The second-order valence-corrected chi connectivity index (χ2v) is 8.08. The molecule has 2 saturated heterocycles. The van der Waals surface area contributed by atoms with Crippen molar-refractivity contribution in [1.82, 2.24) is 19.8 Å². The van der Waals surface area contributed by atoms with Crippen molar-refractivity contribution < 1.29 is 9.59 Å². The van der Waals surface area contributed by atoms with Crippen LogP contribution in [0, 0.1) is 5.41 Å². The van der Waals surface area contributed by atoms with E-state index in [1.54, 1.807) is 18.6 Å². The quantitative estimate of drug-likeness (QED) is 0.829. The van der Waals surface area contributed by atoms with E-state index in [2.05, 4.69) is 14.9 Å². The van der Waals surface area contributed by atoms with E-state index in [0.29, 0.717) is 37.9 Å². The minimum atomic E-state index is -0.316. The Balaban J connectivity index is 1.37.